The number of nitro benzene ring substituents is 1. The van der Waals surface area contributed by atoms with Crippen LogP contribution >= 0.6 is 0 Å². The van der Waals surface area contributed by atoms with Gasteiger partial charge in [0.05, 0.1) is 17.2 Å². The van der Waals surface area contributed by atoms with Crippen LogP contribution in [0.2, 0.25) is 0 Å². The summed E-state index contributed by atoms with van der Waals surface area (Å²) >= 11 is 0. The van der Waals surface area contributed by atoms with E-state index >= 15 is 0 Å². The SMILES string of the molecule is NNc1ccc([N+](=O)[O-])cc1COCC1CC1. The molecule has 0 saturated heterocycles. The molecule has 1 aliphatic rings. The van der Waals surface area contributed by atoms with Gasteiger partial charge in [-0.25, -0.2) is 0 Å². The van der Waals surface area contributed by atoms with Crippen molar-refractivity contribution in [3.8, 4) is 0 Å². The van der Waals surface area contributed by atoms with Crippen LogP contribution in [0.25, 0.3) is 0 Å². The number of nitrogens with one attached hydrogen (secondary N) is 1. The van der Waals surface area contributed by atoms with Crippen LogP contribution in [0.1, 0.15) is 18.4 Å². The highest BCUT2D eigenvalue weighted by atomic mass is 16.6. The third kappa shape index (κ3) is 3.15. The van der Waals surface area contributed by atoms with Gasteiger partial charge in [0.2, 0.25) is 0 Å². The molecule has 0 bridgehead atoms. The van der Waals surface area contributed by atoms with Gasteiger partial charge in [0, 0.05) is 24.3 Å². The minimum Gasteiger partial charge on any atom is -0.376 e. The number of hydrazine groups is 1. The molecule has 6 nitrogen and oxygen atoms in total. The number of hydrogen-bond acceptors (Lipinski definition) is 5. The molecule has 0 unspecified atom stereocenters. The van der Waals surface area contributed by atoms with Crippen LogP contribution in [0.4, 0.5) is 11.4 Å². The number of non-ortho nitro benzene ring substituents is 1. The molecular weight excluding hydrogens is 222 g/mol. The molecule has 3 N–H and O–H groups in total. The average Bonchev–Trinajstić information content (AvgIpc) is 3.13. The van der Waals surface area contributed by atoms with Gasteiger partial charge in [-0.15, -0.1) is 0 Å². The number of nitrogens with zero attached hydrogens (tertiary/aromatic N) is 1. The summed E-state index contributed by atoms with van der Waals surface area (Å²) in [5.74, 6) is 6.01. The lowest BCUT2D eigenvalue weighted by atomic mass is 10.1. The van der Waals surface area contributed by atoms with Crippen molar-refractivity contribution in [2.45, 2.75) is 19.4 Å². The molecule has 0 atom stereocenters. The van der Waals surface area contributed by atoms with Crippen LogP contribution < -0.4 is 11.3 Å². The molecule has 1 aromatic carbocycles. The number of ether oxygens (including phenoxy) is 1. The molecule has 1 aliphatic carbocycles. The van der Waals surface area contributed by atoms with Crippen molar-refractivity contribution >= 4 is 11.4 Å². The van der Waals surface area contributed by atoms with Crippen molar-refractivity contribution < 1.29 is 9.66 Å². The predicted octanol–water partition coefficient (Wildman–Crippen LogP) is 1.81. The Kier molecular flexibility index (Phi) is 3.55. The zero-order valence-corrected chi connectivity index (χ0v) is 9.39. The van der Waals surface area contributed by atoms with Crippen LogP contribution in [-0.4, -0.2) is 11.5 Å². The standard InChI is InChI=1S/C11H15N3O3/c12-13-11-4-3-10(14(15)16)5-9(11)7-17-6-8-1-2-8/h3-5,8,13H,1-2,6-7,12H2. The number of nitrogens with two attached hydrogens (primary N) is 1. The lowest BCUT2D eigenvalue weighted by molar-refractivity contribution is -0.384. The fourth-order valence-corrected chi connectivity index (χ4v) is 1.57. The van der Waals surface area contributed by atoms with Gasteiger partial charge < -0.3 is 10.2 Å². The highest BCUT2D eigenvalue weighted by molar-refractivity contribution is 5.55. The molecule has 0 spiro atoms. The molecule has 0 aromatic heterocycles. The van der Waals surface area contributed by atoms with Gasteiger partial charge in [-0.1, -0.05) is 0 Å². The van der Waals surface area contributed by atoms with Gasteiger partial charge in [-0.2, -0.15) is 0 Å². The van der Waals surface area contributed by atoms with E-state index in [9.17, 15) is 10.1 Å². The van der Waals surface area contributed by atoms with Gasteiger partial charge in [-0.05, 0) is 24.8 Å². The van der Waals surface area contributed by atoms with Crippen LogP contribution in [-0.2, 0) is 11.3 Å². The zero-order chi connectivity index (χ0) is 12.3. The van der Waals surface area contributed by atoms with E-state index in [1.807, 2.05) is 0 Å². The maximum Gasteiger partial charge on any atom is 0.269 e. The predicted molar refractivity (Wildman–Crippen MR) is 63.3 cm³/mol. The summed E-state index contributed by atoms with van der Waals surface area (Å²) in [5.41, 5.74) is 3.93. The zero-order valence-electron chi connectivity index (χ0n) is 9.39. The Morgan fingerprint density at radius 1 is 1.53 bits per heavy atom. The van der Waals surface area contributed by atoms with Crippen molar-refractivity contribution in [2.24, 2.45) is 11.8 Å². The monoisotopic (exact) mass is 237 g/mol. The van der Waals surface area contributed by atoms with E-state index in [1.54, 1.807) is 6.07 Å². The summed E-state index contributed by atoms with van der Waals surface area (Å²) in [6.07, 6.45) is 2.44. The topological polar surface area (TPSA) is 90.4 Å². The summed E-state index contributed by atoms with van der Waals surface area (Å²) in [6.45, 7) is 1.06. The number of nitro groups is 1. The summed E-state index contributed by atoms with van der Waals surface area (Å²) < 4.78 is 5.50. The first-order valence-electron chi connectivity index (χ1n) is 5.52. The van der Waals surface area contributed by atoms with Crippen LogP contribution in [0.15, 0.2) is 18.2 Å². The van der Waals surface area contributed by atoms with E-state index in [4.69, 9.17) is 10.6 Å². The van der Waals surface area contributed by atoms with E-state index in [1.165, 1.54) is 25.0 Å². The van der Waals surface area contributed by atoms with Crippen LogP contribution in [0, 0.1) is 16.0 Å². The third-order valence-corrected chi connectivity index (χ3v) is 2.76. The van der Waals surface area contributed by atoms with E-state index in [0.717, 1.165) is 0 Å². The highest BCUT2D eigenvalue weighted by Gasteiger charge is 2.21. The molecule has 1 aromatic rings. The molecule has 1 saturated carbocycles. The van der Waals surface area contributed by atoms with Crippen molar-refractivity contribution in [3.63, 3.8) is 0 Å². The maximum absolute atomic E-state index is 10.7. The first kappa shape index (κ1) is 11.8. The van der Waals surface area contributed by atoms with Crippen molar-refractivity contribution in [1.82, 2.24) is 0 Å². The fourth-order valence-electron chi connectivity index (χ4n) is 1.57. The quantitative estimate of drug-likeness (QED) is 0.447. The number of hydrogen-bond donors (Lipinski definition) is 2. The minimum atomic E-state index is -0.426. The Morgan fingerprint density at radius 3 is 2.88 bits per heavy atom. The van der Waals surface area contributed by atoms with Crippen molar-refractivity contribution in [3.05, 3.63) is 33.9 Å². The molecule has 92 valence electrons. The highest BCUT2D eigenvalue weighted by Crippen LogP contribution is 2.29. The van der Waals surface area contributed by atoms with Gasteiger partial charge in [-0.3, -0.25) is 16.0 Å². The first-order valence-corrected chi connectivity index (χ1v) is 5.52. The molecular formula is C11H15N3O3. The van der Waals surface area contributed by atoms with E-state index in [-0.39, 0.29) is 5.69 Å². The fraction of sp³-hybridized carbons (Fsp3) is 0.455. The second kappa shape index (κ2) is 5.11. The molecule has 0 heterocycles. The van der Waals surface area contributed by atoms with Gasteiger partial charge >= 0.3 is 0 Å². The lowest BCUT2D eigenvalue weighted by Gasteiger charge is -2.09. The number of rotatable bonds is 6. The molecule has 17 heavy (non-hydrogen) atoms. The van der Waals surface area contributed by atoms with Crippen molar-refractivity contribution in [1.29, 1.82) is 0 Å². The molecule has 0 radical (unpaired) electrons. The lowest BCUT2D eigenvalue weighted by Crippen LogP contribution is -2.10. The Balaban J connectivity index is 2.04. The summed E-state index contributed by atoms with van der Waals surface area (Å²) in [6, 6.07) is 4.50. The Morgan fingerprint density at radius 2 is 2.29 bits per heavy atom. The Hall–Kier alpha value is -1.66. The smallest absolute Gasteiger partial charge is 0.269 e. The third-order valence-electron chi connectivity index (χ3n) is 2.76. The van der Waals surface area contributed by atoms with E-state index in [2.05, 4.69) is 5.43 Å². The van der Waals surface area contributed by atoms with Gasteiger partial charge in [0.15, 0.2) is 0 Å². The minimum absolute atomic E-state index is 0.0500. The normalized spacial score (nSPS) is 14.6. The van der Waals surface area contributed by atoms with Crippen LogP contribution in [0.3, 0.4) is 0 Å². The second-order valence-electron chi connectivity index (χ2n) is 4.20. The van der Waals surface area contributed by atoms with E-state index < -0.39 is 4.92 Å². The second-order valence-corrected chi connectivity index (χ2v) is 4.20. The Labute approximate surface area is 98.9 Å². The van der Waals surface area contributed by atoms with Gasteiger partial charge in [0.1, 0.15) is 0 Å². The number of nitrogen functional groups attached to an aromatic ring is 1. The molecule has 0 amide bonds. The molecule has 6 heteroatoms. The van der Waals surface area contributed by atoms with Gasteiger partial charge in [0.25, 0.3) is 5.69 Å². The van der Waals surface area contributed by atoms with Crippen LogP contribution in [0.5, 0.6) is 0 Å². The average molecular weight is 237 g/mol. The molecule has 1 fully saturated rings. The summed E-state index contributed by atoms with van der Waals surface area (Å²) in [5, 5.41) is 10.7. The first-order chi connectivity index (χ1) is 8.20. The summed E-state index contributed by atoms with van der Waals surface area (Å²) in [7, 11) is 0. The Bertz CT molecular complexity index is 418. The van der Waals surface area contributed by atoms with E-state index in [0.29, 0.717) is 30.4 Å². The largest absolute Gasteiger partial charge is 0.376 e. The number of benzene rings is 1. The van der Waals surface area contributed by atoms with Crippen molar-refractivity contribution in [2.75, 3.05) is 12.0 Å². The molecule has 2 rings (SSSR count). The number of anilines is 1. The molecule has 0 aliphatic heterocycles. The summed E-state index contributed by atoms with van der Waals surface area (Å²) in [4.78, 5) is 10.2. The maximum atomic E-state index is 10.7.